The zero-order valence-corrected chi connectivity index (χ0v) is 25.2. The first-order valence-corrected chi connectivity index (χ1v) is 15.5. The number of anilines is 3. The highest BCUT2D eigenvalue weighted by Gasteiger charge is 2.21. The molecule has 0 radical (unpaired) electrons. The highest BCUT2D eigenvalue weighted by Crippen LogP contribution is 2.30. The maximum Gasteiger partial charge on any atom is 0.224 e. The number of piperidine rings is 1. The quantitative estimate of drug-likeness (QED) is 0.281. The van der Waals surface area contributed by atoms with Crippen LogP contribution in [-0.2, 0) is 16.4 Å². The number of nitrogens with one attached hydrogen (secondary N) is 2. The average molecular weight is 630 g/mol. The summed E-state index contributed by atoms with van der Waals surface area (Å²) in [6, 6.07) is 11.3. The molecule has 2 N–H and O–H groups in total. The van der Waals surface area contributed by atoms with Gasteiger partial charge in [0, 0.05) is 54.9 Å². The van der Waals surface area contributed by atoms with Gasteiger partial charge in [0.05, 0.1) is 15.4 Å². The second kappa shape index (κ2) is 12.5. The molecule has 204 valence electrons. The van der Waals surface area contributed by atoms with E-state index in [1.165, 1.54) is 18.4 Å². The van der Waals surface area contributed by atoms with Crippen molar-refractivity contribution >= 4 is 60.9 Å². The molecule has 1 saturated heterocycles. The Labute approximate surface area is 243 Å². The van der Waals surface area contributed by atoms with Crippen LogP contribution in [0.4, 0.5) is 17.5 Å². The Bertz CT molecular complexity index is 1520. The lowest BCUT2D eigenvalue weighted by Crippen LogP contribution is -2.39. The number of sulfone groups is 1. The fourth-order valence-electron chi connectivity index (χ4n) is 4.61. The van der Waals surface area contributed by atoms with Gasteiger partial charge in [-0.25, -0.2) is 13.4 Å². The van der Waals surface area contributed by atoms with Crippen molar-refractivity contribution in [3.8, 4) is 6.07 Å². The lowest BCUT2D eigenvalue weighted by molar-refractivity contribution is 0.211. The third-order valence-corrected chi connectivity index (χ3v) is 8.70. The molecule has 11 heteroatoms. The van der Waals surface area contributed by atoms with Crippen LogP contribution < -0.4 is 10.6 Å². The van der Waals surface area contributed by atoms with Crippen LogP contribution in [-0.4, -0.2) is 48.7 Å². The van der Waals surface area contributed by atoms with Gasteiger partial charge in [-0.2, -0.15) is 10.2 Å². The van der Waals surface area contributed by atoms with Crippen molar-refractivity contribution in [3.05, 3.63) is 74.4 Å². The summed E-state index contributed by atoms with van der Waals surface area (Å²) in [6.07, 6.45) is 8.01. The third-order valence-electron chi connectivity index (χ3n) is 6.66. The summed E-state index contributed by atoms with van der Waals surface area (Å²) in [4.78, 5) is 11.7. The Morgan fingerprint density at radius 1 is 1.21 bits per heavy atom. The van der Waals surface area contributed by atoms with Crippen LogP contribution in [0.3, 0.4) is 0 Å². The number of nitrogens with zero attached hydrogens (tertiary/aromatic N) is 4. The molecule has 1 aliphatic rings. The number of hydrogen-bond acceptors (Lipinski definition) is 8. The van der Waals surface area contributed by atoms with Crippen LogP contribution in [0.2, 0.25) is 5.02 Å². The SMILES string of the molecule is Cc1cc(C=CC#N)cc(C)c1Nc1nc(NC2CCN(Cc3ccc(S(C)(=O)=O)cc3Cl)CC2)ncc1Br. The monoisotopic (exact) mass is 628 g/mol. The number of halogens is 2. The molecule has 2 heterocycles. The van der Waals surface area contributed by atoms with Crippen LogP contribution in [0.15, 0.2) is 52.0 Å². The molecule has 0 amide bonds. The number of aryl methyl sites for hydroxylation is 2. The Balaban J connectivity index is 1.37. The normalized spacial score (nSPS) is 14.9. The van der Waals surface area contributed by atoms with E-state index in [1.54, 1.807) is 24.4 Å². The summed E-state index contributed by atoms with van der Waals surface area (Å²) in [7, 11) is -3.28. The molecule has 0 bridgehead atoms. The van der Waals surface area contributed by atoms with E-state index in [2.05, 4.69) is 36.4 Å². The molecule has 0 aliphatic carbocycles. The van der Waals surface area contributed by atoms with Gasteiger partial charge in [0.2, 0.25) is 5.95 Å². The van der Waals surface area contributed by atoms with E-state index in [0.717, 1.165) is 58.3 Å². The van der Waals surface area contributed by atoms with Crippen molar-refractivity contribution in [2.24, 2.45) is 0 Å². The molecule has 0 saturated carbocycles. The van der Waals surface area contributed by atoms with Gasteiger partial charge in [-0.1, -0.05) is 17.7 Å². The summed E-state index contributed by atoms with van der Waals surface area (Å²) in [6.45, 7) is 6.45. The molecule has 1 aromatic heterocycles. The maximum atomic E-state index is 11.8. The number of allylic oxidation sites excluding steroid dienone is 1. The van der Waals surface area contributed by atoms with E-state index in [0.29, 0.717) is 23.3 Å². The standard InChI is InChI=1S/C28H30BrClN6O2S/c1-18-13-20(5-4-10-31)14-19(2)26(18)34-27-24(29)16-32-28(35-27)33-22-8-11-36(12-9-22)17-21-6-7-23(15-25(21)30)39(3,37)38/h4-7,13-16,22H,8-9,11-12,17H2,1-3H3,(H2,32,33,34,35). The minimum Gasteiger partial charge on any atom is -0.351 e. The molecule has 39 heavy (non-hydrogen) atoms. The fraction of sp³-hybridized carbons (Fsp3) is 0.321. The highest BCUT2D eigenvalue weighted by atomic mass is 79.9. The number of likely N-dealkylation sites (tertiary alicyclic amines) is 1. The van der Waals surface area contributed by atoms with Gasteiger partial charge in [-0.3, -0.25) is 4.90 Å². The Morgan fingerprint density at radius 2 is 1.90 bits per heavy atom. The van der Waals surface area contributed by atoms with Gasteiger partial charge in [0.1, 0.15) is 5.82 Å². The van der Waals surface area contributed by atoms with E-state index < -0.39 is 9.84 Å². The van der Waals surface area contributed by atoms with Crippen molar-refractivity contribution in [2.45, 2.75) is 44.2 Å². The van der Waals surface area contributed by atoms with Gasteiger partial charge in [0.15, 0.2) is 9.84 Å². The highest BCUT2D eigenvalue weighted by molar-refractivity contribution is 9.10. The fourth-order valence-corrected chi connectivity index (χ4v) is 5.85. The van der Waals surface area contributed by atoms with Crippen molar-refractivity contribution < 1.29 is 8.42 Å². The molecule has 0 unspecified atom stereocenters. The summed E-state index contributed by atoms with van der Waals surface area (Å²) < 4.78 is 24.3. The number of hydrogen-bond donors (Lipinski definition) is 2. The predicted molar refractivity (Wildman–Crippen MR) is 160 cm³/mol. The minimum atomic E-state index is -3.28. The first kappa shape index (κ1) is 29.0. The first-order valence-electron chi connectivity index (χ1n) is 12.5. The minimum absolute atomic E-state index is 0.230. The van der Waals surface area contributed by atoms with E-state index >= 15 is 0 Å². The Kier molecular flexibility index (Phi) is 9.28. The van der Waals surface area contributed by atoms with Gasteiger partial charge >= 0.3 is 0 Å². The number of nitriles is 1. The molecule has 0 atom stereocenters. The molecule has 3 aromatic rings. The van der Waals surface area contributed by atoms with Crippen LogP contribution in [0, 0.1) is 25.2 Å². The van der Waals surface area contributed by atoms with Gasteiger partial charge in [-0.15, -0.1) is 0 Å². The van der Waals surface area contributed by atoms with Crippen LogP contribution in [0.1, 0.15) is 35.1 Å². The molecular weight excluding hydrogens is 600 g/mol. The van der Waals surface area contributed by atoms with Crippen LogP contribution in [0.5, 0.6) is 0 Å². The number of aromatic nitrogens is 2. The summed E-state index contributed by atoms with van der Waals surface area (Å²) in [5.41, 5.74) is 4.95. The van der Waals surface area contributed by atoms with Crippen LogP contribution >= 0.6 is 27.5 Å². The topological polar surface area (TPSA) is 111 Å². The molecule has 1 fully saturated rings. The predicted octanol–water partition coefficient (Wildman–Crippen LogP) is 6.27. The smallest absolute Gasteiger partial charge is 0.224 e. The molecule has 0 spiro atoms. The van der Waals surface area contributed by atoms with E-state index in [9.17, 15) is 8.42 Å². The van der Waals surface area contributed by atoms with E-state index in [-0.39, 0.29) is 10.9 Å². The zero-order valence-electron chi connectivity index (χ0n) is 22.0. The lowest BCUT2D eigenvalue weighted by atomic mass is 10.0. The molecule has 2 aromatic carbocycles. The van der Waals surface area contributed by atoms with Crippen molar-refractivity contribution in [2.75, 3.05) is 30.0 Å². The van der Waals surface area contributed by atoms with Crippen molar-refractivity contribution in [1.82, 2.24) is 14.9 Å². The molecular formula is C28H30BrClN6O2S. The number of rotatable bonds is 8. The Morgan fingerprint density at radius 3 is 2.51 bits per heavy atom. The van der Waals surface area contributed by atoms with Gasteiger partial charge < -0.3 is 10.6 Å². The van der Waals surface area contributed by atoms with Crippen molar-refractivity contribution in [3.63, 3.8) is 0 Å². The van der Waals surface area contributed by atoms with E-state index in [1.807, 2.05) is 32.0 Å². The maximum absolute atomic E-state index is 11.8. The van der Waals surface area contributed by atoms with Crippen LogP contribution in [0.25, 0.3) is 6.08 Å². The Hall–Kier alpha value is -2.97. The lowest BCUT2D eigenvalue weighted by Gasteiger charge is -2.32. The first-order chi connectivity index (χ1) is 18.5. The van der Waals surface area contributed by atoms with Gasteiger partial charge in [-0.05, 0) is 95.2 Å². The molecule has 1 aliphatic heterocycles. The number of benzene rings is 2. The summed E-state index contributed by atoms with van der Waals surface area (Å²) in [5, 5.41) is 16.2. The molecule has 4 rings (SSSR count). The second-order valence-corrected chi connectivity index (χ2v) is 13.0. The van der Waals surface area contributed by atoms with Crippen molar-refractivity contribution in [1.29, 1.82) is 5.26 Å². The summed E-state index contributed by atoms with van der Waals surface area (Å²) in [5.74, 6) is 1.23. The summed E-state index contributed by atoms with van der Waals surface area (Å²) >= 11 is 9.94. The van der Waals surface area contributed by atoms with E-state index in [4.69, 9.17) is 21.8 Å². The van der Waals surface area contributed by atoms with Gasteiger partial charge in [0.25, 0.3) is 0 Å². The second-order valence-electron chi connectivity index (χ2n) is 9.73. The zero-order chi connectivity index (χ0) is 28.2. The largest absolute Gasteiger partial charge is 0.351 e. The average Bonchev–Trinajstić information content (AvgIpc) is 2.88. The molecule has 8 nitrogen and oxygen atoms in total. The third kappa shape index (κ3) is 7.57.